The summed E-state index contributed by atoms with van der Waals surface area (Å²) in [5.74, 6) is -1.90. The van der Waals surface area contributed by atoms with E-state index in [0.29, 0.717) is 37.5 Å². The highest BCUT2D eigenvalue weighted by atomic mass is 35.5. The average molecular weight is 621 g/mol. The van der Waals surface area contributed by atoms with Gasteiger partial charge in [-0.1, -0.05) is 54.8 Å². The number of ether oxygens (including phenoxy) is 2. The Balaban J connectivity index is 1.47. The molecule has 0 aliphatic heterocycles. The Labute approximate surface area is 258 Å². The highest BCUT2D eigenvalue weighted by Gasteiger charge is 2.30. The van der Waals surface area contributed by atoms with E-state index in [1.165, 1.54) is 29.9 Å². The van der Waals surface area contributed by atoms with Gasteiger partial charge < -0.3 is 19.4 Å². The van der Waals surface area contributed by atoms with Gasteiger partial charge in [-0.2, -0.15) is 0 Å². The molecule has 1 aliphatic carbocycles. The van der Waals surface area contributed by atoms with Crippen molar-refractivity contribution in [3.63, 3.8) is 0 Å². The Morgan fingerprint density at radius 2 is 1.65 bits per heavy atom. The first-order chi connectivity index (χ1) is 20.7. The number of nitrogens with one attached hydrogen (secondary N) is 1. The van der Waals surface area contributed by atoms with Gasteiger partial charge in [0.15, 0.2) is 6.10 Å². The molecule has 1 N–H and O–H groups in total. The highest BCUT2D eigenvalue weighted by Crippen LogP contribution is 2.38. The van der Waals surface area contributed by atoms with Crippen LogP contribution in [0.5, 0.6) is 0 Å². The number of aromatic nitrogens is 1. The monoisotopic (exact) mass is 620 g/mol. The highest BCUT2D eigenvalue weighted by molar-refractivity contribution is 7.17. The fourth-order valence-electron chi connectivity index (χ4n) is 5.52. The van der Waals surface area contributed by atoms with Gasteiger partial charge in [0, 0.05) is 27.9 Å². The largest absolute Gasteiger partial charge is 0.462 e. The second-order valence-corrected chi connectivity index (χ2v) is 12.1. The van der Waals surface area contributed by atoms with E-state index < -0.39 is 23.9 Å². The predicted octanol–water partition coefficient (Wildman–Crippen LogP) is 6.94. The molecule has 2 heterocycles. The van der Waals surface area contributed by atoms with Crippen LogP contribution in [0.2, 0.25) is 5.02 Å². The van der Waals surface area contributed by atoms with E-state index >= 15 is 0 Å². The number of pyridine rings is 1. The maximum absolute atomic E-state index is 13.7. The zero-order chi connectivity index (χ0) is 30.7. The lowest BCUT2D eigenvalue weighted by Gasteiger charge is -2.19. The Morgan fingerprint density at radius 3 is 2.35 bits per heavy atom. The fraction of sp³-hybridized carbons (Fsp3) is 0.333. The summed E-state index contributed by atoms with van der Waals surface area (Å²) in [7, 11) is 1.50. The van der Waals surface area contributed by atoms with Crippen LogP contribution in [0.15, 0.2) is 53.3 Å². The van der Waals surface area contributed by atoms with Gasteiger partial charge in [0.1, 0.15) is 10.7 Å². The minimum absolute atomic E-state index is 0.0111. The molecule has 5 rings (SSSR count). The molecule has 1 unspecified atom stereocenters. The summed E-state index contributed by atoms with van der Waals surface area (Å²) in [4.78, 5) is 54.4. The third-order valence-corrected chi connectivity index (χ3v) is 9.13. The number of halogens is 1. The number of nitrogens with zero attached hydrogens (tertiary/aromatic N) is 1. The molecule has 10 heteroatoms. The van der Waals surface area contributed by atoms with Crippen molar-refractivity contribution in [2.75, 3.05) is 11.9 Å². The number of carbonyl (C=O) groups excluding carboxylic acids is 3. The van der Waals surface area contributed by atoms with Gasteiger partial charge >= 0.3 is 11.9 Å². The number of hydrogen-bond acceptors (Lipinski definition) is 7. The first kappa shape index (κ1) is 30.5. The van der Waals surface area contributed by atoms with Crippen molar-refractivity contribution in [2.45, 2.75) is 58.5 Å². The molecule has 1 atom stereocenters. The lowest BCUT2D eigenvalue weighted by Crippen LogP contribution is -2.33. The number of hydrogen-bond donors (Lipinski definition) is 1. The van der Waals surface area contributed by atoms with Crippen molar-refractivity contribution in [1.29, 1.82) is 0 Å². The predicted molar refractivity (Wildman–Crippen MR) is 169 cm³/mol. The summed E-state index contributed by atoms with van der Waals surface area (Å²) in [6.07, 6.45) is 4.51. The van der Waals surface area contributed by atoms with E-state index in [9.17, 15) is 19.2 Å². The van der Waals surface area contributed by atoms with Crippen molar-refractivity contribution >= 4 is 56.6 Å². The summed E-state index contributed by atoms with van der Waals surface area (Å²) in [6, 6.07) is 14.0. The van der Waals surface area contributed by atoms with Crippen molar-refractivity contribution in [2.24, 2.45) is 7.05 Å². The van der Waals surface area contributed by atoms with Crippen molar-refractivity contribution < 1.29 is 23.9 Å². The average Bonchev–Trinajstić information content (AvgIpc) is 3.30. The second-order valence-electron chi connectivity index (χ2n) is 10.5. The summed E-state index contributed by atoms with van der Waals surface area (Å²) in [5.41, 5.74) is 2.12. The zero-order valence-corrected chi connectivity index (χ0v) is 25.9. The number of benzene rings is 2. The molecule has 0 fully saturated rings. The Bertz CT molecular complexity index is 1760. The van der Waals surface area contributed by atoms with Crippen LogP contribution < -0.4 is 10.9 Å². The van der Waals surface area contributed by atoms with E-state index in [4.69, 9.17) is 21.1 Å². The summed E-state index contributed by atoms with van der Waals surface area (Å²) >= 11 is 7.50. The third kappa shape index (κ3) is 6.24. The van der Waals surface area contributed by atoms with Crippen LogP contribution >= 0.6 is 22.9 Å². The van der Waals surface area contributed by atoms with Crippen LogP contribution in [0.25, 0.3) is 21.9 Å². The second kappa shape index (κ2) is 13.1. The lowest BCUT2D eigenvalue weighted by atomic mass is 9.96. The van der Waals surface area contributed by atoms with Crippen LogP contribution in [0.4, 0.5) is 5.00 Å². The third-order valence-electron chi connectivity index (χ3n) is 7.67. The van der Waals surface area contributed by atoms with Crippen LogP contribution in [0.1, 0.15) is 70.8 Å². The molecular formula is C33H33ClN2O6S. The molecule has 0 spiro atoms. The molecule has 1 amide bonds. The maximum atomic E-state index is 13.7. The van der Waals surface area contributed by atoms with E-state index in [2.05, 4.69) is 5.32 Å². The van der Waals surface area contributed by atoms with E-state index in [1.54, 1.807) is 55.5 Å². The maximum Gasteiger partial charge on any atom is 0.356 e. The molecule has 0 saturated heterocycles. The van der Waals surface area contributed by atoms with Crippen LogP contribution in [-0.2, 0) is 34.2 Å². The SMILES string of the molecule is CCOC(=O)c1c(NC(=O)C(C)OC(=O)c2c(-c3ccc(Cl)cc3)c3ccccc3c(=O)n2C)sc2c1CCCCCC2. The molecule has 224 valence electrons. The summed E-state index contributed by atoms with van der Waals surface area (Å²) in [5, 5.41) is 4.77. The molecule has 1 aliphatic rings. The number of fused-ring (bicyclic) bond motifs is 2. The van der Waals surface area contributed by atoms with Crippen LogP contribution in [-0.4, -0.2) is 35.1 Å². The minimum atomic E-state index is -1.23. The number of esters is 2. The summed E-state index contributed by atoms with van der Waals surface area (Å²) < 4.78 is 12.3. The zero-order valence-electron chi connectivity index (χ0n) is 24.3. The molecule has 0 radical (unpaired) electrons. The van der Waals surface area contributed by atoms with E-state index in [-0.39, 0.29) is 17.9 Å². The van der Waals surface area contributed by atoms with E-state index in [1.807, 2.05) is 0 Å². The van der Waals surface area contributed by atoms with E-state index in [0.717, 1.165) is 49.0 Å². The van der Waals surface area contributed by atoms with Crippen LogP contribution in [0, 0.1) is 0 Å². The Kier molecular flexibility index (Phi) is 9.32. The molecule has 8 nitrogen and oxygen atoms in total. The first-order valence-electron chi connectivity index (χ1n) is 14.4. The number of anilines is 1. The van der Waals surface area contributed by atoms with Crippen molar-refractivity contribution in [3.8, 4) is 11.1 Å². The Hall–Kier alpha value is -3.95. The molecule has 43 heavy (non-hydrogen) atoms. The number of aryl methyl sites for hydroxylation is 1. The van der Waals surface area contributed by atoms with Gasteiger partial charge in [-0.25, -0.2) is 9.59 Å². The number of thiophene rings is 1. The van der Waals surface area contributed by atoms with Gasteiger partial charge in [0.05, 0.1) is 12.2 Å². The van der Waals surface area contributed by atoms with Crippen molar-refractivity contribution in [3.05, 3.63) is 85.6 Å². The van der Waals surface area contributed by atoms with Gasteiger partial charge in [-0.05, 0) is 74.2 Å². The van der Waals surface area contributed by atoms with Crippen LogP contribution in [0.3, 0.4) is 0 Å². The fourth-order valence-corrected chi connectivity index (χ4v) is 6.93. The molecule has 4 aromatic rings. The Morgan fingerprint density at radius 1 is 0.977 bits per heavy atom. The van der Waals surface area contributed by atoms with Gasteiger partial charge in [0.2, 0.25) is 0 Å². The number of rotatable bonds is 7. The number of amides is 1. The normalized spacial score (nSPS) is 13.9. The molecular weight excluding hydrogens is 588 g/mol. The molecule has 2 aromatic carbocycles. The topological polar surface area (TPSA) is 104 Å². The smallest absolute Gasteiger partial charge is 0.356 e. The van der Waals surface area contributed by atoms with Gasteiger partial charge in [-0.15, -0.1) is 11.3 Å². The quantitative estimate of drug-likeness (QED) is 0.225. The molecule has 0 bridgehead atoms. The first-order valence-corrected chi connectivity index (χ1v) is 15.6. The minimum Gasteiger partial charge on any atom is -0.462 e. The van der Waals surface area contributed by atoms with Gasteiger partial charge in [-0.3, -0.25) is 9.59 Å². The molecule has 2 aromatic heterocycles. The standard InChI is InChI=1S/C33H33ClN2O6S/c1-4-41-32(39)27-24-13-7-5-6-8-14-25(24)43-30(27)35-29(37)19(2)42-33(40)28-26(20-15-17-21(34)18-16-20)22-11-9-10-12-23(22)31(38)36(28)3/h9-12,15-19H,4-8,13-14H2,1-3H3,(H,35,37). The van der Waals surface area contributed by atoms with Crippen molar-refractivity contribution in [1.82, 2.24) is 4.57 Å². The number of carbonyl (C=O) groups is 3. The summed E-state index contributed by atoms with van der Waals surface area (Å²) in [6.45, 7) is 3.42. The van der Waals surface area contributed by atoms with Gasteiger partial charge in [0.25, 0.3) is 11.5 Å². The lowest BCUT2D eigenvalue weighted by molar-refractivity contribution is -0.123. The molecule has 0 saturated carbocycles.